The van der Waals surface area contributed by atoms with Crippen LogP contribution in [0.5, 0.6) is 0 Å². The molecule has 0 aliphatic carbocycles. The molecular weight excluding hydrogens is 283 g/mol. The van der Waals surface area contributed by atoms with Crippen LogP contribution in [-0.2, 0) is 6.54 Å². The van der Waals surface area contributed by atoms with Crippen LogP contribution in [0.2, 0.25) is 0 Å². The van der Waals surface area contributed by atoms with Crippen LogP contribution in [0, 0.1) is 5.82 Å². The summed E-state index contributed by atoms with van der Waals surface area (Å²) in [5, 5.41) is 3.03. The van der Waals surface area contributed by atoms with Crippen LogP contribution in [0.1, 0.15) is 5.56 Å². The highest BCUT2D eigenvalue weighted by Crippen LogP contribution is 2.22. The van der Waals surface area contributed by atoms with Crippen molar-refractivity contribution in [3.05, 3.63) is 42.0 Å². The van der Waals surface area contributed by atoms with Crippen LogP contribution in [0.3, 0.4) is 0 Å². The molecule has 1 N–H and O–H groups in total. The number of halogens is 1. The summed E-state index contributed by atoms with van der Waals surface area (Å²) in [6.45, 7) is 0.371. The SMILES string of the molecule is CNc1nc(N(C)C)nc2c1ncn2Cc1ccccc1F. The summed E-state index contributed by atoms with van der Waals surface area (Å²) in [7, 11) is 5.54. The zero-order chi connectivity index (χ0) is 15.7. The van der Waals surface area contributed by atoms with Crippen LogP contribution in [0.25, 0.3) is 11.2 Å². The number of anilines is 2. The third-order valence-corrected chi connectivity index (χ3v) is 3.39. The molecule has 0 aliphatic heterocycles. The second-order valence-electron chi connectivity index (χ2n) is 5.15. The van der Waals surface area contributed by atoms with Gasteiger partial charge in [0.15, 0.2) is 17.0 Å². The number of benzene rings is 1. The molecule has 0 spiro atoms. The first kappa shape index (κ1) is 14.2. The molecule has 0 amide bonds. The molecule has 0 aliphatic rings. The van der Waals surface area contributed by atoms with Gasteiger partial charge >= 0.3 is 0 Å². The summed E-state index contributed by atoms with van der Waals surface area (Å²) >= 11 is 0. The highest BCUT2D eigenvalue weighted by molar-refractivity contribution is 5.84. The molecule has 6 nitrogen and oxygen atoms in total. The smallest absolute Gasteiger partial charge is 0.228 e. The normalized spacial score (nSPS) is 10.9. The largest absolute Gasteiger partial charge is 0.371 e. The molecule has 114 valence electrons. The fourth-order valence-corrected chi connectivity index (χ4v) is 2.23. The Balaban J connectivity index is 2.11. The molecule has 22 heavy (non-hydrogen) atoms. The number of imidazole rings is 1. The third kappa shape index (κ3) is 2.45. The number of hydrogen-bond acceptors (Lipinski definition) is 5. The van der Waals surface area contributed by atoms with Crippen molar-refractivity contribution in [1.82, 2.24) is 19.5 Å². The van der Waals surface area contributed by atoms with Crippen LogP contribution < -0.4 is 10.2 Å². The third-order valence-electron chi connectivity index (χ3n) is 3.39. The predicted octanol–water partition coefficient (Wildman–Crippen LogP) is 2.12. The molecular formula is C15H17FN6. The molecule has 0 bridgehead atoms. The van der Waals surface area contributed by atoms with E-state index in [-0.39, 0.29) is 5.82 Å². The summed E-state index contributed by atoms with van der Waals surface area (Å²) in [6.07, 6.45) is 1.66. The number of nitrogens with zero attached hydrogens (tertiary/aromatic N) is 5. The number of fused-ring (bicyclic) bond motifs is 1. The van der Waals surface area contributed by atoms with Crippen LogP contribution >= 0.6 is 0 Å². The van der Waals surface area contributed by atoms with Crippen molar-refractivity contribution in [2.24, 2.45) is 0 Å². The fourth-order valence-electron chi connectivity index (χ4n) is 2.23. The van der Waals surface area contributed by atoms with Crippen LogP contribution in [-0.4, -0.2) is 40.7 Å². The van der Waals surface area contributed by atoms with Gasteiger partial charge in [0.1, 0.15) is 5.82 Å². The van der Waals surface area contributed by atoms with E-state index >= 15 is 0 Å². The number of hydrogen-bond donors (Lipinski definition) is 1. The van der Waals surface area contributed by atoms with E-state index in [0.717, 1.165) is 0 Å². The van der Waals surface area contributed by atoms with Crippen molar-refractivity contribution in [3.8, 4) is 0 Å². The lowest BCUT2D eigenvalue weighted by atomic mass is 10.2. The van der Waals surface area contributed by atoms with E-state index in [1.165, 1.54) is 6.07 Å². The van der Waals surface area contributed by atoms with Gasteiger partial charge in [0.05, 0.1) is 12.9 Å². The highest BCUT2D eigenvalue weighted by atomic mass is 19.1. The molecule has 0 unspecified atom stereocenters. The molecule has 3 rings (SSSR count). The van der Waals surface area contributed by atoms with Crippen molar-refractivity contribution in [2.75, 3.05) is 31.4 Å². The van der Waals surface area contributed by atoms with E-state index in [1.807, 2.05) is 29.6 Å². The summed E-state index contributed by atoms with van der Waals surface area (Å²) in [5.74, 6) is 0.994. The van der Waals surface area contributed by atoms with Crippen LogP contribution in [0.4, 0.5) is 16.2 Å². The molecule has 2 aromatic heterocycles. The topological polar surface area (TPSA) is 58.9 Å². The van der Waals surface area contributed by atoms with E-state index in [9.17, 15) is 4.39 Å². The first-order valence-electron chi connectivity index (χ1n) is 6.91. The van der Waals surface area contributed by atoms with Gasteiger partial charge in [0.2, 0.25) is 5.95 Å². The van der Waals surface area contributed by atoms with Gasteiger partial charge in [-0.05, 0) is 6.07 Å². The highest BCUT2D eigenvalue weighted by Gasteiger charge is 2.14. The van der Waals surface area contributed by atoms with Gasteiger partial charge in [0, 0.05) is 26.7 Å². The molecule has 0 saturated carbocycles. The first-order valence-corrected chi connectivity index (χ1v) is 6.91. The van der Waals surface area contributed by atoms with Gasteiger partial charge in [-0.25, -0.2) is 9.37 Å². The van der Waals surface area contributed by atoms with Crippen molar-refractivity contribution in [1.29, 1.82) is 0 Å². The lowest BCUT2D eigenvalue weighted by Crippen LogP contribution is -2.14. The number of aromatic nitrogens is 4. The Morgan fingerprint density at radius 1 is 1.23 bits per heavy atom. The van der Waals surface area contributed by atoms with Gasteiger partial charge < -0.3 is 14.8 Å². The summed E-state index contributed by atoms with van der Waals surface area (Å²) in [5.41, 5.74) is 1.94. The monoisotopic (exact) mass is 300 g/mol. The van der Waals surface area contributed by atoms with Crippen molar-refractivity contribution >= 4 is 22.9 Å². The van der Waals surface area contributed by atoms with E-state index in [4.69, 9.17) is 0 Å². The Morgan fingerprint density at radius 3 is 2.68 bits per heavy atom. The zero-order valence-corrected chi connectivity index (χ0v) is 12.7. The minimum atomic E-state index is -0.236. The Kier molecular flexibility index (Phi) is 3.62. The van der Waals surface area contributed by atoms with Crippen LogP contribution in [0.15, 0.2) is 30.6 Å². The van der Waals surface area contributed by atoms with E-state index in [2.05, 4.69) is 20.3 Å². The van der Waals surface area contributed by atoms with Crippen molar-refractivity contribution in [3.63, 3.8) is 0 Å². The summed E-state index contributed by atoms with van der Waals surface area (Å²) < 4.78 is 15.7. The lowest BCUT2D eigenvalue weighted by Gasteiger charge is -2.12. The first-order chi connectivity index (χ1) is 10.6. The molecule has 2 heterocycles. The van der Waals surface area contributed by atoms with E-state index in [0.29, 0.717) is 35.0 Å². The van der Waals surface area contributed by atoms with Gasteiger partial charge in [-0.1, -0.05) is 18.2 Å². The fraction of sp³-hybridized carbons (Fsp3) is 0.267. The second kappa shape index (κ2) is 5.59. The second-order valence-corrected chi connectivity index (χ2v) is 5.15. The maximum absolute atomic E-state index is 13.8. The number of nitrogens with one attached hydrogen (secondary N) is 1. The Hall–Kier alpha value is -2.70. The zero-order valence-electron chi connectivity index (χ0n) is 12.7. The minimum Gasteiger partial charge on any atom is -0.371 e. The quantitative estimate of drug-likeness (QED) is 0.800. The predicted molar refractivity (Wildman–Crippen MR) is 84.7 cm³/mol. The molecule has 3 aromatic rings. The standard InChI is InChI=1S/C15H17FN6/c1-17-13-12-14(20-15(19-13)21(2)3)22(9-18-12)8-10-6-4-5-7-11(10)16/h4-7,9H,8H2,1-3H3,(H,17,19,20). The molecule has 7 heteroatoms. The maximum atomic E-state index is 13.8. The Bertz CT molecular complexity index is 811. The maximum Gasteiger partial charge on any atom is 0.228 e. The minimum absolute atomic E-state index is 0.236. The average Bonchev–Trinajstić information content (AvgIpc) is 2.91. The van der Waals surface area contributed by atoms with E-state index < -0.39 is 0 Å². The summed E-state index contributed by atoms with van der Waals surface area (Å²) in [4.78, 5) is 15.1. The molecule has 0 atom stereocenters. The van der Waals surface area contributed by atoms with Gasteiger partial charge in [-0.3, -0.25) is 0 Å². The summed E-state index contributed by atoms with van der Waals surface area (Å²) in [6, 6.07) is 6.70. The van der Waals surface area contributed by atoms with Gasteiger partial charge in [-0.15, -0.1) is 0 Å². The average molecular weight is 300 g/mol. The Morgan fingerprint density at radius 2 is 2.00 bits per heavy atom. The lowest BCUT2D eigenvalue weighted by molar-refractivity contribution is 0.601. The molecule has 1 aromatic carbocycles. The Labute approximate surface area is 127 Å². The molecule has 0 fully saturated rings. The van der Waals surface area contributed by atoms with Gasteiger partial charge in [-0.2, -0.15) is 9.97 Å². The van der Waals surface area contributed by atoms with Gasteiger partial charge in [0.25, 0.3) is 0 Å². The molecule has 0 saturated heterocycles. The molecule has 0 radical (unpaired) electrons. The van der Waals surface area contributed by atoms with E-state index in [1.54, 1.807) is 25.5 Å². The van der Waals surface area contributed by atoms with Crippen molar-refractivity contribution < 1.29 is 4.39 Å². The van der Waals surface area contributed by atoms with Crippen molar-refractivity contribution in [2.45, 2.75) is 6.54 Å². The number of rotatable bonds is 4.